The van der Waals surface area contributed by atoms with Crippen molar-refractivity contribution >= 4 is 46.3 Å². The lowest BCUT2D eigenvalue weighted by Gasteiger charge is -2.35. The summed E-state index contributed by atoms with van der Waals surface area (Å²) in [5.74, 6) is -6.15. The van der Waals surface area contributed by atoms with E-state index in [1.54, 1.807) is 27.7 Å². The van der Waals surface area contributed by atoms with Crippen molar-refractivity contribution in [2.45, 2.75) is 52.6 Å². The fourth-order valence-corrected chi connectivity index (χ4v) is 5.00. The van der Waals surface area contributed by atoms with Gasteiger partial charge in [0.2, 0.25) is 0 Å². The minimum atomic E-state index is -1.38. The predicted molar refractivity (Wildman–Crippen MR) is 127 cm³/mol. The van der Waals surface area contributed by atoms with E-state index in [4.69, 9.17) is 0 Å². The number of aliphatic carboxylic acids is 2. The van der Waals surface area contributed by atoms with Crippen LogP contribution in [0.3, 0.4) is 0 Å². The van der Waals surface area contributed by atoms with Crippen LogP contribution in [0.15, 0.2) is 24.3 Å². The Kier molecular flexibility index (Phi) is 6.15. The maximum Gasteiger partial charge on any atom is 0.326 e. The standard InChI is InChI=1S/C26H26N2O8/c1-11(2)9-17(25(33)34)27-21(29)13-5-7-15-20-16(8-6-14(19(13)20)22(27)30)24(32)28(23(15)31)18(26(35)36)10-12(3)4/h5-8,11-12,17-18H,9-10H2,1-4H3,(H,33,34)(H,35,36). The molecule has 0 spiro atoms. The number of hydrogen-bond acceptors (Lipinski definition) is 6. The summed E-state index contributed by atoms with van der Waals surface area (Å²) < 4.78 is 0. The van der Waals surface area contributed by atoms with Crippen molar-refractivity contribution in [3.05, 3.63) is 46.5 Å². The normalized spacial score (nSPS) is 16.8. The van der Waals surface area contributed by atoms with Crippen LogP contribution in [-0.4, -0.2) is 67.7 Å². The van der Waals surface area contributed by atoms with Crippen molar-refractivity contribution in [3.8, 4) is 0 Å². The first-order valence-corrected chi connectivity index (χ1v) is 11.7. The average molecular weight is 495 g/mol. The molecular formula is C26H26N2O8. The van der Waals surface area contributed by atoms with Crippen LogP contribution in [0.25, 0.3) is 10.8 Å². The van der Waals surface area contributed by atoms with E-state index in [1.807, 2.05) is 0 Å². The Hall–Kier alpha value is -4.08. The summed E-state index contributed by atoms with van der Waals surface area (Å²) in [5, 5.41) is 19.7. The van der Waals surface area contributed by atoms with E-state index in [2.05, 4.69) is 0 Å². The Bertz CT molecular complexity index is 1190. The van der Waals surface area contributed by atoms with Crippen LogP contribution in [0.1, 0.15) is 82.0 Å². The Balaban J connectivity index is 1.90. The fourth-order valence-electron chi connectivity index (χ4n) is 5.00. The quantitative estimate of drug-likeness (QED) is 0.532. The van der Waals surface area contributed by atoms with Crippen LogP contribution in [0.5, 0.6) is 0 Å². The molecule has 2 aliphatic rings. The molecule has 2 aromatic rings. The molecule has 0 fully saturated rings. The first kappa shape index (κ1) is 25.0. The Morgan fingerprint density at radius 1 is 0.611 bits per heavy atom. The number of rotatable bonds is 8. The van der Waals surface area contributed by atoms with E-state index in [1.165, 1.54) is 24.3 Å². The lowest BCUT2D eigenvalue weighted by molar-refractivity contribution is -0.143. The fraction of sp³-hybridized carbons (Fsp3) is 0.385. The summed E-state index contributed by atoms with van der Waals surface area (Å²) in [7, 11) is 0. The summed E-state index contributed by atoms with van der Waals surface area (Å²) in [6.45, 7) is 7.11. The Morgan fingerprint density at radius 2 is 0.861 bits per heavy atom. The molecule has 0 aliphatic carbocycles. The molecule has 0 radical (unpaired) electrons. The molecular weight excluding hydrogens is 468 g/mol. The summed E-state index contributed by atoms with van der Waals surface area (Å²) in [5.41, 5.74) is 0.0230. The third kappa shape index (κ3) is 3.73. The minimum Gasteiger partial charge on any atom is -0.480 e. The van der Waals surface area contributed by atoms with E-state index in [9.17, 15) is 39.0 Å². The molecule has 2 unspecified atom stereocenters. The van der Waals surface area contributed by atoms with Crippen molar-refractivity contribution in [3.63, 3.8) is 0 Å². The molecule has 0 bridgehead atoms. The van der Waals surface area contributed by atoms with E-state index in [0.29, 0.717) is 0 Å². The molecule has 2 heterocycles. The van der Waals surface area contributed by atoms with Crippen molar-refractivity contribution in [2.75, 3.05) is 0 Å². The van der Waals surface area contributed by atoms with E-state index in [-0.39, 0.29) is 57.7 Å². The van der Waals surface area contributed by atoms with Gasteiger partial charge in [0.1, 0.15) is 12.1 Å². The van der Waals surface area contributed by atoms with Gasteiger partial charge in [-0.15, -0.1) is 0 Å². The second-order valence-corrected chi connectivity index (χ2v) is 10.00. The van der Waals surface area contributed by atoms with Crippen LogP contribution in [-0.2, 0) is 9.59 Å². The predicted octanol–water partition coefficient (Wildman–Crippen LogP) is 3.03. The lowest BCUT2D eigenvalue weighted by atomic mass is 9.84. The number of benzene rings is 2. The van der Waals surface area contributed by atoms with Gasteiger partial charge in [-0.25, -0.2) is 9.59 Å². The Labute approximate surface area is 206 Å². The van der Waals surface area contributed by atoms with Crippen LogP contribution in [0.4, 0.5) is 0 Å². The first-order chi connectivity index (χ1) is 16.9. The number of carbonyl (C=O) groups excluding carboxylic acids is 4. The third-order valence-electron chi connectivity index (χ3n) is 6.54. The summed E-state index contributed by atoms with van der Waals surface area (Å²) in [4.78, 5) is 79.0. The zero-order valence-corrected chi connectivity index (χ0v) is 20.3. The molecule has 10 heteroatoms. The summed E-state index contributed by atoms with van der Waals surface area (Å²) in [6.07, 6.45) is 0.111. The molecule has 2 aliphatic heterocycles. The maximum absolute atomic E-state index is 13.4. The smallest absolute Gasteiger partial charge is 0.326 e. The summed E-state index contributed by atoms with van der Waals surface area (Å²) >= 11 is 0. The van der Waals surface area contributed by atoms with E-state index >= 15 is 0 Å². The number of hydrogen-bond donors (Lipinski definition) is 2. The van der Waals surface area contributed by atoms with Crippen LogP contribution in [0, 0.1) is 11.8 Å². The largest absolute Gasteiger partial charge is 0.480 e. The highest BCUT2D eigenvalue weighted by atomic mass is 16.4. The van der Waals surface area contributed by atoms with Gasteiger partial charge in [-0.1, -0.05) is 27.7 Å². The lowest BCUT2D eigenvalue weighted by Crippen LogP contribution is -2.52. The third-order valence-corrected chi connectivity index (χ3v) is 6.54. The highest BCUT2D eigenvalue weighted by molar-refractivity contribution is 6.34. The average Bonchev–Trinajstić information content (AvgIpc) is 2.79. The van der Waals surface area contributed by atoms with Gasteiger partial charge in [-0.3, -0.25) is 29.0 Å². The highest BCUT2D eigenvalue weighted by Crippen LogP contribution is 2.39. The molecule has 10 nitrogen and oxygen atoms in total. The van der Waals surface area contributed by atoms with Crippen LogP contribution >= 0.6 is 0 Å². The molecule has 2 N–H and O–H groups in total. The van der Waals surface area contributed by atoms with Gasteiger partial charge in [0.25, 0.3) is 23.6 Å². The zero-order chi connectivity index (χ0) is 26.6. The van der Waals surface area contributed by atoms with Crippen LogP contribution in [0.2, 0.25) is 0 Å². The first-order valence-electron chi connectivity index (χ1n) is 11.7. The number of amides is 4. The molecule has 4 amide bonds. The topological polar surface area (TPSA) is 149 Å². The molecule has 2 atom stereocenters. The molecule has 0 aromatic heterocycles. The number of carbonyl (C=O) groups is 6. The van der Waals surface area contributed by atoms with E-state index < -0.39 is 47.7 Å². The van der Waals surface area contributed by atoms with Gasteiger partial charge in [0.05, 0.1) is 0 Å². The molecule has 0 saturated carbocycles. The number of carboxylic acid groups (broad SMARTS) is 2. The van der Waals surface area contributed by atoms with Crippen molar-refractivity contribution in [1.29, 1.82) is 0 Å². The minimum absolute atomic E-state index is 0.00576. The number of nitrogens with zero attached hydrogens (tertiary/aromatic N) is 2. The van der Waals surface area contributed by atoms with Crippen molar-refractivity contribution in [2.24, 2.45) is 11.8 Å². The van der Waals surface area contributed by atoms with Gasteiger partial charge >= 0.3 is 11.9 Å². The monoisotopic (exact) mass is 494 g/mol. The second kappa shape index (κ2) is 8.85. The van der Waals surface area contributed by atoms with Gasteiger partial charge in [-0.05, 0) is 48.9 Å². The number of imide groups is 2. The van der Waals surface area contributed by atoms with Gasteiger partial charge < -0.3 is 10.2 Å². The summed E-state index contributed by atoms with van der Waals surface area (Å²) in [6, 6.07) is 2.53. The Morgan fingerprint density at radius 3 is 1.06 bits per heavy atom. The highest BCUT2D eigenvalue weighted by Gasteiger charge is 2.45. The molecule has 4 rings (SSSR count). The van der Waals surface area contributed by atoms with Gasteiger partial charge in [0.15, 0.2) is 0 Å². The van der Waals surface area contributed by atoms with Crippen molar-refractivity contribution in [1.82, 2.24) is 9.80 Å². The SMILES string of the molecule is CC(C)CC(C(=O)O)N1C(=O)c2ccc3c4c(ccc(c24)C1=O)C(=O)N(C(CC(C)C)C(=O)O)C3=O. The molecule has 0 saturated heterocycles. The maximum atomic E-state index is 13.4. The van der Waals surface area contributed by atoms with Gasteiger partial charge in [0, 0.05) is 33.0 Å². The van der Waals surface area contributed by atoms with Crippen LogP contribution < -0.4 is 0 Å². The number of carboxylic acids is 2. The van der Waals surface area contributed by atoms with E-state index in [0.717, 1.165) is 9.80 Å². The molecule has 36 heavy (non-hydrogen) atoms. The van der Waals surface area contributed by atoms with Gasteiger partial charge in [-0.2, -0.15) is 0 Å². The second-order valence-electron chi connectivity index (χ2n) is 10.00. The molecule has 188 valence electrons. The zero-order valence-electron chi connectivity index (χ0n) is 20.3. The molecule has 2 aromatic carbocycles. The van der Waals surface area contributed by atoms with Crippen molar-refractivity contribution < 1.29 is 39.0 Å².